The Labute approximate surface area is 193 Å². The molecule has 3 N–H and O–H groups in total. The van der Waals surface area contributed by atoms with Gasteiger partial charge >= 0.3 is 0 Å². The van der Waals surface area contributed by atoms with Crippen molar-refractivity contribution >= 4 is 50.5 Å². The summed E-state index contributed by atoms with van der Waals surface area (Å²) < 4.78 is 11.4. The number of ether oxygens (including phenoxy) is 2. The van der Waals surface area contributed by atoms with Gasteiger partial charge in [-0.05, 0) is 48.6 Å². The predicted octanol–water partition coefficient (Wildman–Crippen LogP) is 4.81. The van der Waals surface area contributed by atoms with Crippen LogP contribution in [0, 0.1) is 0 Å². The van der Waals surface area contributed by atoms with Crippen LogP contribution < -0.4 is 20.1 Å². The zero-order valence-electron chi connectivity index (χ0n) is 17.2. The first-order valence-corrected chi connectivity index (χ1v) is 10.7. The molecule has 9 heteroatoms. The Hall–Kier alpha value is -3.69. The summed E-state index contributed by atoms with van der Waals surface area (Å²) in [4.78, 5) is 17.1. The lowest BCUT2D eigenvalue weighted by Crippen LogP contribution is -2.34. The highest BCUT2D eigenvalue weighted by atomic mass is 32.1. The average molecular weight is 466 g/mol. The second kappa shape index (κ2) is 9.21. The van der Waals surface area contributed by atoms with Gasteiger partial charge < -0.3 is 19.9 Å². The van der Waals surface area contributed by atoms with E-state index in [0.717, 1.165) is 15.2 Å². The van der Waals surface area contributed by atoms with E-state index in [4.69, 9.17) is 21.7 Å². The molecule has 4 rings (SSSR count). The first-order chi connectivity index (χ1) is 15.5. The molecular weight excluding hydrogens is 446 g/mol. The van der Waals surface area contributed by atoms with E-state index >= 15 is 0 Å². The molecule has 0 aliphatic rings. The number of aromatic nitrogens is 1. The van der Waals surface area contributed by atoms with Gasteiger partial charge in [0.15, 0.2) is 5.11 Å². The van der Waals surface area contributed by atoms with Crippen LogP contribution in [0.25, 0.3) is 20.8 Å². The largest absolute Gasteiger partial charge is 0.507 e. The molecular formula is C23H19N3O4S2. The lowest BCUT2D eigenvalue weighted by molar-refractivity contribution is 0.0977. The Morgan fingerprint density at radius 1 is 1.03 bits per heavy atom. The number of hydrogen-bond acceptors (Lipinski definition) is 7. The van der Waals surface area contributed by atoms with Crippen LogP contribution >= 0.6 is 23.6 Å². The summed E-state index contributed by atoms with van der Waals surface area (Å²) in [5.74, 6) is 0.614. The van der Waals surface area contributed by atoms with E-state index in [0.29, 0.717) is 28.3 Å². The summed E-state index contributed by atoms with van der Waals surface area (Å²) in [7, 11) is 3.01. The highest BCUT2D eigenvalue weighted by molar-refractivity contribution is 7.80. The van der Waals surface area contributed by atoms with E-state index in [9.17, 15) is 9.90 Å². The van der Waals surface area contributed by atoms with Crippen molar-refractivity contribution in [3.8, 4) is 27.8 Å². The topological polar surface area (TPSA) is 92.7 Å². The Bertz CT molecular complexity index is 1260. The first-order valence-electron chi connectivity index (χ1n) is 9.51. The van der Waals surface area contributed by atoms with E-state index in [2.05, 4.69) is 15.6 Å². The number of thiazole rings is 1. The zero-order chi connectivity index (χ0) is 22.7. The SMILES string of the molecule is COc1cc(OC)cc(C(=O)NC(=S)Nc2ccc(-c3nc4ccccc4s3)c(O)c2)c1. The normalized spacial score (nSPS) is 10.6. The van der Waals surface area contributed by atoms with E-state index in [1.807, 2.05) is 24.3 Å². The molecule has 0 unspecified atom stereocenters. The number of phenols is 1. The van der Waals surface area contributed by atoms with Crippen molar-refractivity contribution in [3.05, 3.63) is 66.2 Å². The minimum Gasteiger partial charge on any atom is -0.507 e. The Morgan fingerprint density at radius 2 is 1.75 bits per heavy atom. The number of nitrogens with zero attached hydrogens (tertiary/aromatic N) is 1. The highest BCUT2D eigenvalue weighted by Gasteiger charge is 2.14. The maximum Gasteiger partial charge on any atom is 0.257 e. The quantitative estimate of drug-likeness (QED) is 0.364. The van der Waals surface area contributed by atoms with E-state index in [1.54, 1.807) is 30.3 Å². The fraction of sp³-hybridized carbons (Fsp3) is 0.0870. The van der Waals surface area contributed by atoms with Crippen LogP contribution in [0.2, 0.25) is 0 Å². The molecule has 7 nitrogen and oxygen atoms in total. The monoisotopic (exact) mass is 465 g/mol. The van der Waals surface area contributed by atoms with Gasteiger partial charge in [0, 0.05) is 23.4 Å². The Kier molecular flexibility index (Phi) is 6.20. The molecule has 162 valence electrons. The van der Waals surface area contributed by atoms with Crippen molar-refractivity contribution in [1.82, 2.24) is 10.3 Å². The fourth-order valence-corrected chi connectivity index (χ4v) is 4.26. The smallest absolute Gasteiger partial charge is 0.257 e. The van der Waals surface area contributed by atoms with Gasteiger partial charge in [0.25, 0.3) is 5.91 Å². The molecule has 0 radical (unpaired) electrons. The fourth-order valence-electron chi connectivity index (χ4n) is 3.05. The molecule has 1 aromatic heterocycles. The third kappa shape index (κ3) is 4.63. The number of methoxy groups -OCH3 is 2. The van der Waals surface area contributed by atoms with Gasteiger partial charge in [0.1, 0.15) is 22.3 Å². The number of aromatic hydroxyl groups is 1. The number of phenolic OH excluding ortho intramolecular Hbond substituents is 1. The summed E-state index contributed by atoms with van der Waals surface area (Å²) in [5.41, 5.74) is 2.36. The lowest BCUT2D eigenvalue weighted by Gasteiger charge is -2.12. The summed E-state index contributed by atoms with van der Waals surface area (Å²) >= 11 is 6.75. The standard InChI is InChI=1S/C23H19N3O4S2/c1-29-15-9-13(10-16(12-15)30-2)21(28)26-23(31)24-14-7-8-17(19(27)11-14)22-25-18-5-3-4-6-20(18)32-22/h3-12,27H,1-2H3,(H2,24,26,28,31). The maximum absolute atomic E-state index is 12.6. The molecule has 0 atom stereocenters. The van der Waals surface area contributed by atoms with Crippen LogP contribution in [0.1, 0.15) is 10.4 Å². The van der Waals surface area contributed by atoms with Crippen molar-refractivity contribution in [2.24, 2.45) is 0 Å². The van der Waals surface area contributed by atoms with Crippen LogP contribution in [0.15, 0.2) is 60.7 Å². The Balaban J connectivity index is 1.47. The molecule has 3 aromatic carbocycles. The number of hydrogen-bond donors (Lipinski definition) is 3. The number of fused-ring (bicyclic) bond motifs is 1. The number of benzene rings is 3. The number of rotatable bonds is 5. The number of carbonyl (C=O) groups excluding carboxylic acids is 1. The van der Waals surface area contributed by atoms with Gasteiger partial charge in [0.05, 0.1) is 30.0 Å². The van der Waals surface area contributed by atoms with Gasteiger partial charge in [-0.1, -0.05) is 12.1 Å². The molecule has 0 saturated heterocycles. The van der Waals surface area contributed by atoms with Crippen LogP contribution in [0.4, 0.5) is 5.69 Å². The number of anilines is 1. The molecule has 0 aliphatic heterocycles. The summed E-state index contributed by atoms with van der Waals surface area (Å²) in [6.45, 7) is 0. The van der Waals surface area contributed by atoms with Gasteiger partial charge in [-0.25, -0.2) is 4.98 Å². The van der Waals surface area contributed by atoms with Crippen molar-refractivity contribution < 1.29 is 19.4 Å². The van der Waals surface area contributed by atoms with Gasteiger partial charge in [-0.2, -0.15) is 0 Å². The first kappa shape index (κ1) is 21.5. The number of nitrogens with one attached hydrogen (secondary N) is 2. The van der Waals surface area contributed by atoms with Gasteiger partial charge in [-0.3, -0.25) is 10.1 Å². The maximum atomic E-state index is 12.6. The summed E-state index contributed by atoms with van der Waals surface area (Å²) in [6, 6.07) is 17.7. The van der Waals surface area contributed by atoms with Gasteiger partial charge in [-0.15, -0.1) is 11.3 Å². The Morgan fingerprint density at radius 3 is 2.41 bits per heavy atom. The second-order valence-electron chi connectivity index (χ2n) is 6.73. The van der Waals surface area contributed by atoms with E-state index < -0.39 is 5.91 Å². The highest BCUT2D eigenvalue weighted by Crippen LogP contribution is 2.36. The predicted molar refractivity (Wildman–Crippen MR) is 130 cm³/mol. The molecule has 1 amide bonds. The summed E-state index contributed by atoms with van der Waals surface area (Å²) in [5, 5.41) is 16.8. The average Bonchev–Trinajstić information content (AvgIpc) is 3.22. The van der Waals surface area contributed by atoms with E-state index in [-0.39, 0.29) is 10.9 Å². The van der Waals surface area contributed by atoms with Crippen molar-refractivity contribution in [1.29, 1.82) is 0 Å². The molecule has 0 spiro atoms. The number of thiocarbonyl (C=S) groups is 1. The molecule has 32 heavy (non-hydrogen) atoms. The van der Waals surface area contributed by atoms with Crippen LogP contribution in [-0.4, -0.2) is 35.3 Å². The third-order valence-corrected chi connectivity index (χ3v) is 5.89. The molecule has 0 aliphatic carbocycles. The number of amides is 1. The molecule has 0 saturated carbocycles. The zero-order valence-corrected chi connectivity index (χ0v) is 18.8. The van der Waals surface area contributed by atoms with Crippen LogP contribution in [0.5, 0.6) is 17.2 Å². The molecule has 4 aromatic rings. The van der Waals surface area contributed by atoms with Crippen LogP contribution in [0.3, 0.4) is 0 Å². The number of para-hydroxylation sites is 1. The van der Waals surface area contributed by atoms with Crippen molar-refractivity contribution in [2.45, 2.75) is 0 Å². The van der Waals surface area contributed by atoms with Gasteiger partial charge in [0.2, 0.25) is 0 Å². The molecule has 0 bridgehead atoms. The minimum absolute atomic E-state index is 0.0562. The molecule has 0 fully saturated rings. The third-order valence-electron chi connectivity index (χ3n) is 4.62. The second-order valence-corrected chi connectivity index (χ2v) is 8.17. The van der Waals surface area contributed by atoms with E-state index in [1.165, 1.54) is 31.6 Å². The van der Waals surface area contributed by atoms with Crippen molar-refractivity contribution in [3.63, 3.8) is 0 Å². The number of carbonyl (C=O) groups is 1. The lowest BCUT2D eigenvalue weighted by atomic mass is 10.2. The summed E-state index contributed by atoms with van der Waals surface area (Å²) in [6.07, 6.45) is 0. The minimum atomic E-state index is -0.421. The molecule has 1 heterocycles. The van der Waals surface area contributed by atoms with Crippen LogP contribution in [-0.2, 0) is 0 Å². The van der Waals surface area contributed by atoms with Crippen molar-refractivity contribution in [2.75, 3.05) is 19.5 Å².